The van der Waals surface area contributed by atoms with Gasteiger partial charge in [0.15, 0.2) is 8.32 Å². The van der Waals surface area contributed by atoms with Crippen LogP contribution in [0.1, 0.15) is 58.1 Å². The largest absolute Gasteiger partial charge is 0.481 e. The molecule has 1 aromatic carbocycles. The standard InChI is InChI=1S/C23H36N2O3Si/c1-7-23(28-29(5,6)22(2,3)4,20-12-10-18(15-24)11-13-20)17-25-14-8-9-19(16-25)21(26)27/h10-13,19H,7-9,14,16-17H2,1-6H3,(H,26,27). The van der Waals surface area contributed by atoms with Crippen molar-refractivity contribution in [2.75, 3.05) is 19.6 Å². The van der Waals surface area contributed by atoms with E-state index in [1.165, 1.54) is 0 Å². The summed E-state index contributed by atoms with van der Waals surface area (Å²) in [5.74, 6) is -1.02. The van der Waals surface area contributed by atoms with Crippen molar-refractivity contribution >= 4 is 14.3 Å². The van der Waals surface area contributed by atoms with Crippen LogP contribution < -0.4 is 0 Å². The van der Waals surface area contributed by atoms with E-state index in [-0.39, 0.29) is 11.0 Å². The van der Waals surface area contributed by atoms with Gasteiger partial charge in [-0.05, 0) is 61.6 Å². The molecule has 0 spiro atoms. The molecule has 2 unspecified atom stereocenters. The van der Waals surface area contributed by atoms with Crippen molar-refractivity contribution in [3.8, 4) is 6.07 Å². The minimum absolute atomic E-state index is 0.0610. The molecule has 1 heterocycles. The third-order valence-electron chi connectivity index (χ3n) is 6.70. The smallest absolute Gasteiger partial charge is 0.307 e. The topological polar surface area (TPSA) is 73.6 Å². The fourth-order valence-corrected chi connectivity index (χ4v) is 5.43. The Kier molecular flexibility index (Phi) is 7.31. The van der Waals surface area contributed by atoms with E-state index in [4.69, 9.17) is 4.43 Å². The van der Waals surface area contributed by atoms with Gasteiger partial charge in [0.1, 0.15) is 0 Å². The summed E-state index contributed by atoms with van der Waals surface area (Å²) < 4.78 is 7.06. The van der Waals surface area contributed by atoms with Crippen LogP contribution in [-0.2, 0) is 14.8 Å². The highest BCUT2D eigenvalue weighted by Gasteiger charge is 2.46. The molecular formula is C23H36N2O3Si. The number of piperidine rings is 1. The summed E-state index contributed by atoms with van der Waals surface area (Å²) in [4.78, 5) is 13.8. The molecule has 2 rings (SSSR count). The highest BCUT2D eigenvalue weighted by atomic mass is 28.4. The van der Waals surface area contributed by atoms with Crippen LogP contribution in [0.3, 0.4) is 0 Å². The van der Waals surface area contributed by atoms with Crippen LogP contribution in [0.4, 0.5) is 0 Å². The number of nitrogens with zero attached hydrogens (tertiary/aromatic N) is 2. The zero-order valence-electron chi connectivity index (χ0n) is 18.8. The monoisotopic (exact) mass is 416 g/mol. The number of aliphatic carboxylic acids is 1. The summed E-state index contributed by atoms with van der Waals surface area (Å²) in [7, 11) is -2.10. The van der Waals surface area contributed by atoms with Crippen LogP contribution in [0.15, 0.2) is 24.3 Å². The van der Waals surface area contributed by atoms with Crippen LogP contribution in [0.25, 0.3) is 0 Å². The molecule has 1 aliphatic heterocycles. The highest BCUT2D eigenvalue weighted by molar-refractivity contribution is 6.74. The second kappa shape index (κ2) is 8.99. The zero-order valence-corrected chi connectivity index (χ0v) is 19.8. The molecule has 160 valence electrons. The Labute approximate surface area is 176 Å². The number of carbonyl (C=O) groups is 1. The Balaban J connectivity index is 2.42. The number of hydrogen-bond donors (Lipinski definition) is 1. The van der Waals surface area contributed by atoms with Gasteiger partial charge >= 0.3 is 5.97 Å². The van der Waals surface area contributed by atoms with E-state index >= 15 is 0 Å². The number of hydrogen-bond acceptors (Lipinski definition) is 4. The number of carboxylic acid groups (broad SMARTS) is 1. The first-order valence-electron chi connectivity index (χ1n) is 10.6. The molecular weight excluding hydrogens is 380 g/mol. The quantitative estimate of drug-likeness (QED) is 0.634. The third kappa shape index (κ3) is 5.47. The molecule has 1 aliphatic rings. The third-order valence-corrected chi connectivity index (χ3v) is 11.2. The van der Waals surface area contributed by atoms with Gasteiger partial charge in [-0.1, -0.05) is 39.8 Å². The predicted octanol–water partition coefficient (Wildman–Crippen LogP) is 4.98. The Morgan fingerprint density at radius 2 is 1.93 bits per heavy atom. The van der Waals surface area contributed by atoms with E-state index in [9.17, 15) is 15.2 Å². The first kappa shape index (κ1) is 23.6. The normalized spacial score (nSPS) is 20.7. The number of carboxylic acids is 1. The second-order valence-electron chi connectivity index (χ2n) is 9.81. The molecule has 0 amide bonds. The van der Waals surface area contributed by atoms with Gasteiger partial charge in [-0.3, -0.25) is 9.69 Å². The molecule has 0 aliphatic carbocycles. The van der Waals surface area contributed by atoms with E-state index in [2.05, 4.69) is 51.8 Å². The molecule has 1 aromatic rings. The minimum atomic E-state index is -2.10. The van der Waals surface area contributed by atoms with E-state index in [0.717, 1.165) is 31.4 Å². The molecule has 1 saturated heterocycles. The van der Waals surface area contributed by atoms with Crippen LogP contribution in [0, 0.1) is 17.2 Å². The van der Waals surface area contributed by atoms with E-state index in [0.29, 0.717) is 18.7 Å². The molecule has 5 nitrogen and oxygen atoms in total. The van der Waals surface area contributed by atoms with Gasteiger partial charge < -0.3 is 9.53 Å². The SMILES string of the molecule is CCC(CN1CCCC(C(=O)O)C1)(O[Si](C)(C)C(C)(C)C)c1ccc(C#N)cc1. The van der Waals surface area contributed by atoms with Crippen molar-refractivity contribution in [3.63, 3.8) is 0 Å². The van der Waals surface area contributed by atoms with Gasteiger partial charge in [-0.15, -0.1) is 0 Å². The lowest BCUT2D eigenvalue weighted by Crippen LogP contribution is -2.54. The summed E-state index contributed by atoms with van der Waals surface area (Å²) in [6.07, 6.45) is 2.43. The van der Waals surface area contributed by atoms with Gasteiger partial charge in [0, 0.05) is 13.1 Å². The van der Waals surface area contributed by atoms with Crippen molar-refractivity contribution in [1.82, 2.24) is 4.90 Å². The van der Waals surface area contributed by atoms with Gasteiger partial charge in [0.05, 0.1) is 23.2 Å². The average molecular weight is 417 g/mol. The van der Waals surface area contributed by atoms with Crippen molar-refractivity contribution in [2.24, 2.45) is 5.92 Å². The first-order chi connectivity index (χ1) is 13.4. The Morgan fingerprint density at radius 1 is 1.31 bits per heavy atom. The van der Waals surface area contributed by atoms with Crippen molar-refractivity contribution in [3.05, 3.63) is 35.4 Å². The summed E-state index contributed by atoms with van der Waals surface area (Å²) >= 11 is 0. The van der Waals surface area contributed by atoms with Gasteiger partial charge in [-0.25, -0.2) is 0 Å². The molecule has 0 bridgehead atoms. The molecule has 29 heavy (non-hydrogen) atoms. The van der Waals surface area contributed by atoms with Crippen LogP contribution in [0.2, 0.25) is 18.1 Å². The fourth-order valence-electron chi connectivity index (χ4n) is 3.82. The summed E-state index contributed by atoms with van der Waals surface area (Å²) in [5, 5.41) is 18.7. The first-order valence-corrected chi connectivity index (χ1v) is 13.5. The molecule has 2 atom stereocenters. The zero-order chi connectivity index (χ0) is 21.9. The maximum atomic E-state index is 11.6. The van der Waals surface area contributed by atoms with Crippen LogP contribution in [-0.4, -0.2) is 43.9 Å². The van der Waals surface area contributed by atoms with E-state index in [1.807, 2.05) is 24.3 Å². The number of likely N-dealkylation sites (tertiary alicyclic amines) is 1. The van der Waals surface area contributed by atoms with Gasteiger partial charge in [0.25, 0.3) is 0 Å². The number of benzene rings is 1. The van der Waals surface area contributed by atoms with E-state index in [1.54, 1.807) is 0 Å². The summed E-state index contributed by atoms with van der Waals surface area (Å²) in [5.41, 5.74) is 1.19. The summed E-state index contributed by atoms with van der Waals surface area (Å²) in [6, 6.07) is 9.91. The molecule has 0 aromatic heterocycles. The van der Waals surface area contributed by atoms with Gasteiger partial charge in [-0.2, -0.15) is 5.26 Å². The lowest BCUT2D eigenvalue weighted by atomic mass is 9.88. The Hall–Kier alpha value is -1.68. The molecule has 1 fully saturated rings. The molecule has 0 radical (unpaired) electrons. The maximum absolute atomic E-state index is 11.6. The second-order valence-corrected chi connectivity index (χ2v) is 14.5. The van der Waals surface area contributed by atoms with Gasteiger partial charge in [0.2, 0.25) is 0 Å². The summed E-state index contributed by atoms with van der Waals surface area (Å²) in [6.45, 7) is 15.5. The fraction of sp³-hybridized carbons (Fsp3) is 0.652. The number of nitriles is 1. The average Bonchev–Trinajstić information content (AvgIpc) is 2.66. The Bertz CT molecular complexity index is 749. The van der Waals surface area contributed by atoms with Crippen LogP contribution in [0.5, 0.6) is 0 Å². The number of rotatable bonds is 7. The molecule has 0 saturated carbocycles. The molecule has 6 heteroatoms. The van der Waals surface area contributed by atoms with Crippen molar-refractivity contribution in [2.45, 2.75) is 70.7 Å². The van der Waals surface area contributed by atoms with E-state index < -0.39 is 19.9 Å². The predicted molar refractivity (Wildman–Crippen MR) is 118 cm³/mol. The highest BCUT2D eigenvalue weighted by Crippen LogP contribution is 2.44. The van der Waals surface area contributed by atoms with Crippen molar-refractivity contribution in [1.29, 1.82) is 5.26 Å². The molecule has 1 N–H and O–H groups in total. The van der Waals surface area contributed by atoms with Crippen molar-refractivity contribution < 1.29 is 14.3 Å². The van der Waals surface area contributed by atoms with Crippen LogP contribution >= 0.6 is 0 Å². The minimum Gasteiger partial charge on any atom is -0.481 e. The lowest BCUT2D eigenvalue weighted by Gasteiger charge is -2.48. The Morgan fingerprint density at radius 3 is 2.41 bits per heavy atom. The lowest BCUT2D eigenvalue weighted by molar-refractivity contribution is -0.144. The maximum Gasteiger partial charge on any atom is 0.307 e.